The predicted octanol–water partition coefficient (Wildman–Crippen LogP) is 5.13. The average Bonchev–Trinajstić information content (AvgIpc) is 3.25. The summed E-state index contributed by atoms with van der Waals surface area (Å²) >= 11 is 1.63. The minimum atomic E-state index is -0.820. The molecule has 0 N–H and O–H groups in total. The minimum absolute atomic E-state index is 0.231. The molecule has 5 nitrogen and oxygen atoms in total. The molecule has 186 valence electrons. The van der Waals surface area contributed by atoms with Crippen LogP contribution in [0.2, 0.25) is 0 Å². The lowest BCUT2D eigenvalue weighted by Gasteiger charge is -2.37. The Kier molecular flexibility index (Phi) is 9.38. The molecule has 0 bridgehead atoms. The largest absolute Gasteiger partial charge is 0.382 e. The van der Waals surface area contributed by atoms with E-state index in [1.807, 2.05) is 60.9 Å². The van der Waals surface area contributed by atoms with Crippen molar-refractivity contribution in [2.24, 2.45) is 0 Å². The summed E-state index contributed by atoms with van der Waals surface area (Å²) in [4.78, 5) is 0. The molecule has 3 aromatic carbocycles. The van der Waals surface area contributed by atoms with Gasteiger partial charge in [0.1, 0.15) is 30.0 Å². The van der Waals surface area contributed by atoms with E-state index < -0.39 is 5.60 Å². The molecule has 0 amide bonds. The summed E-state index contributed by atoms with van der Waals surface area (Å²) in [6.45, 7) is 0.743. The fourth-order valence-electron chi connectivity index (χ4n) is 4.85. The Morgan fingerprint density at radius 3 is 1.63 bits per heavy atom. The fraction of sp³-hybridized carbons (Fsp3) is 0.379. The molecule has 0 aromatic heterocycles. The van der Waals surface area contributed by atoms with Crippen LogP contribution in [-0.4, -0.2) is 64.0 Å². The molecule has 4 rings (SSSR count). The smallest absolute Gasteiger partial charge is 0.143 e. The third kappa shape index (κ3) is 5.64. The lowest BCUT2D eigenvalue weighted by atomic mass is 9.80. The van der Waals surface area contributed by atoms with Crippen molar-refractivity contribution in [3.8, 4) is 0 Å². The molecule has 0 saturated carbocycles. The van der Waals surface area contributed by atoms with Gasteiger partial charge in [-0.3, -0.25) is 0 Å². The van der Waals surface area contributed by atoms with Crippen molar-refractivity contribution in [3.63, 3.8) is 0 Å². The van der Waals surface area contributed by atoms with E-state index in [1.165, 1.54) is 0 Å². The van der Waals surface area contributed by atoms with E-state index >= 15 is 0 Å². The third-order valence-corrected chi connectivity index (χ3v) is 6.76. The van der Waals surface area contributed by atoms with Gasteiger partial charge in [0.15, 0.2) is 0 Å². The highest BCUT2D eigenvalue weighted by Gasteiger charge is 2.47. The zero-order valence-corrected chi connectivity index (χ0v) is 21.4. The number of ether oxygens (including phenoxy) is 5. The molecule has 0 radical (unpaired) electrons. The zero-order valence-electron chi connectivity index (χ0n) is 20.5. The van der Waals surface area contributed by atoms with Crippen LogP contribution in [0.25, 0.3) is 0 Å². The molecule has 0 spiro atoms. The summed E-state index contributed by atoms with van der Waals surface area (Å²) in [6.07, 6.45) is 0.955. The van der Waals surface area contributed by atoms with E-state index in [0.717, 1.165) is 16.7 Å². The molecule has 4 atom stereocenters. The SMILES string of the molecule is COC[C@@H]1O[C@H](COC(c2ccccc2)(c2ccccc2)c2ccccc2)[C@@H](OCSC)[C@@H]1OC. The Morgan fingerprint density at radius 2 is 1.20 bits per heavy atom. The number of rotatable bonds is 12. The Hall–Kier alpha value is -2.19. The van der Waals surface area contributed by atoms with Gasteiger partial charge in [0.25, 0.3) is 0 Å². The maximum Gasteiger partial charge on any atom is 0.143 e. The van der Waals surface area contributed by atoms with Gasteiger partial charge < -0.3 is 23.7 Å². The quantitative estimate of drug-likeness (QED) is 0.257. The van der Waals surface area contributed by atoms with Gasteiger partial charge in [0.2, 0.25) is 0 Å². The molecule has 1 heterocycles. The summed E-state index contributed by atoms with van der Waals surface area (Å²) in [5.41, 5.74) is 2.33. The van der Waals surface area contributed by atoms with Crippen LogP contribution in [0, 0.1) is 0 Å². The standard InChI is InChI=1S/C29H34O5S/c1-30-19-25-27(31-2)28(32-21-35-3)26(34-25)20-33-29(22-13-7-4-8-14-22,23-15-9-5-10-16-23)24-17-11-6-12-18-24/h4-18,25-28H,19-21H2,1-3H3/t25-,26+,27+,28+/m0/s1. The highest BCUT2D eigenvalue weighted by atomic mass is 32.2. The van der Waals surface area contributed by atoms with Gasteiger partial charge in [-0.05, 0) is 22.9 Å². The first kappa shape index (κ1) is 25.9. The van der Waals surface area contributed by atoms with Crippen LogP contribution in [0.4, 0.5) is 0 Å². The summed E-state index contributed by atoms with van der Waals surface area (Å²) in [5, 5.41) is 0. The molecular formula is C29H34O5S. The molecule has 0 aliphatic carbocycles. The second-order valence-corrected chi connectivity index (χ2v) is 9.31. The number of hydrogen-bond acceptors (Lipinski definition) is 6. The zero-order chi connectivity index (χ0) is 24.5. The predicted molar refractivity (Wildman–Crippen MR) is 140 cm³/mol. The third-order valence-electron chi connectivity index (χ3n) is 6.39. The Bertz CT molecular complexity index is 905. The van der Waals surface area contributed by atoms with Crippen LogP contribution in [-0.2, 0) is 29.3 Å². The summed E-state index contributed by atoms with van der Waals surface area (Å²) in [5.74, 6) is 0.547. The van der Waals surface area contributed by atoms with Crippen molar-refractivity contribution in [2.45, 2.75) is 30.0 Å². The monoisotopic (exact) mass is 494 g/mol. The lowest BCUT2D eigenvalue weighted by molar-refractivity contribution is -0.0960. The van der Waals surface area contributed by atoms with Gasteiger partial charge >= 0.3 is 0 Å². The molecule has 1 aliphatic heterocycles. The first-order valence-electron chi connectivity index (χ1n) is 11.8. The van der Waals surface area contributed by atoms with Crippen molar-refractivity contribution >= 4 is 11.8 Å². The van der Waals surface area contributed by atoms with Crippen LogP contribution < -0.4 is 0 Å². The highest BCUT2D eigenvalue weighted by Crippen LogP contribution is 2.41. The van der Waals surface area contributed by atoms with E-state index in [9.17, 15) is 0 Å². The van der Waals surface area contributed by atoms with E-state index in [1.54, 1.807) is 26.0 Å². The Morgan fingerprint density at radius 1 is 0.714 bits per heavy atom. The molecule has 3 aromatic rings. The van der Waals surface area contributed by atoms with Crippen LogP contribution in [0.3, 0.4) is 0 Å². The lowest BCUT2D eigenvalue weighted by Crippen LogP contribution is -2.41. The van der Waals surface area contributed by atoms with Gasteiger partial charge in [0.05, 0.1) is 19.2 Å². The van der Waals surface area contributed by atoms with E-state index in [-0.39, 0.29) is 24.4 Å². The van der Waals surface area contributed by atoms with Gasteiger partial charge in [-0.25, -0.2) is 0 Å². The van der Waals surface area contributed by atoms with Gasteiger partial charge in [0, 0.05) is 14.2 Å². The topological polar surface area (TPSA) is 46.2 Å². The van der Waals surface area contributed by atoms with E-state index in [0.29, 0.717) is 19.2 Å². The van der Waals surface area contributed by atoms with Crippen molar-refractivity contribution in [2.75, 3.05) is 39.6 Å². The van der Waals surface area contributed by atoms with Crippen molar-refractivity contribution < 1.29 is 23.7 Å². The molecule has 6 heteroatoms. The van der Waals surface area contributed by atoms with Crippen molar-refractivity contribution in [1.29, 1.82) is 0 Å². The van der Waals surface area contributed by atoms with Crippen LogP contribution in [0.5, 0.6) is 0 Å². The molecule has 0 unspecified atom stereocenters. The highest BCUT2D eigenvalue weighted by molar-refractivity contribution is 7.98. The first-order valence-corrected chi connectivity index (χ1v) is 13.2. The summed E-state index contributed by atoms with van der Waals surface area (Å²) < 4.78 is 30.8. The average molecular weight is 495 g/mol. The van der Waals surface area contributed by atoms with Crippen molar-refractivity contribution in [3.05, 3.63) is 108 Å². The second kappa shape index (κ2) is 12.7. The minimum Gasteiger partial charge on any atom is -0.382 e. The van der Waals surface area contributed by atoms with E-state index in [4.69, 9.17) is 23.7 Å². The normalized spacial score (nSPS) is 22.4. The van der Waals surface area contributed by atoms with Crippen LogP contribution in [0.1, 0.15) is 16.7 Å². The number of methoxy groups -OCH3 is 2. The van der Waals surface area contributed by atoms with E-state index in [2.05, 4.69) is 36.4 Å². The number of hydrogen-bond donors (Lipinski definition) is 0. The fourth-order valence-corrected chi connectivity index (χ4v) is 5.14. The second-order valence-electron chi connectivity index (χ2n) is 8.50. The maximum absolute atomic E-state index is 6.99. The molecule has 1 saturated heterocycles. The summed E-state index contributed by atoms with van der Waals surface area (Å²) in [6, 6.07) is 31.0. The Labute approximate surface area is 212 Å². The molecule has 1 fully saturated rings. The summed E-state index contributed by atoms with van der Waals surface area (Å²) in [7, 11) is 3.36. The van der Waals surface area contributed by atoms with Gasteiger partial charge in [-0.1, -0.05) is 91.0 Å². The van der Waals surface area contributed by atoms with Crippen LogP contribution in [0.15, 0.2) is 91.0 Å². The molecule has 35 heavy (non-hydrogen) atoms. The first-order chi connectivity index (χ1) is 17.2. The maximum atomic E-state index is 6.99. The van der Waals surface area contributed by atoms with Gasteiger partial charge in [-0.2, -0.15) is 0 Å². The molecule has 1 aliphatic rings. The molecular weight excluding hydrogens is 460 g/mol. The number of benzene rings is 3. The Balaban J connectivity index is 1.74. The van der Waals surface area contributed by atoms with Crippen molar-refractivity contribution in [1.82, 2.24) is 0 Å². The van der Waals surface area contributed by atoms with Gasteiger partial charge in [-0.15, -0.1) is 11.8 Å². The van der Waals surface area contributed by atoms with Crippen LogP contribution >= 0.6 is 11.8 Å². The number of thioether (sulfide) groups is 1.